The maximum absolute atomic E-state index is 11.5. The number of piperazine rings is 1. The van der Waals surface area contributed by atoms with Gasteiger partial charge in [0.05, 0.1) is 29.5 Å². The Labute approximate surface area is 193 Å². The molecule has 1 amide bonds. The van der Waals surface area contributed by atoms with Gasteiger partial charge >= 0.3 is 0 Å². The second-order valence-electron chi connectivity index (χ2n) is 7.51. The molecule has 0 aliphatic carbocycles. The SMILES string of the molecule is CC(=O)N1CCN(c2ccc(Nc3nccc(-c4cnc5ccc(Br)cn45)n3)cn2)CC1. The van der Waals surface area contributed by atoms with Crippen molar-refractivity contribution in [1.82, 2.24) is 29.2 Å². The third kappa shape index (κ3) is 4.13. The Bertz CT molecular complexity index is 1260. The number of halogens is 1. The zero-order valence-corrected chi connectivity index (χ0v) is 19.0. The van der Waals surface area contributed by atoms with Crippen LogP contribution in [-0.4, -0.2) is 61.3 Å². The molecule has 1 fully saturated rings. The van der Waals surface area contributed by atoms with E-state index in [2.05, 4.69) is 46.1 Å². The quantitative estimate of drug-likeness (QED) is 0.466. The highest BCUT2D eigenvalue weighted by atomic mass is 79.9. The Morgan fingerprint density at radius 3 is 2.59 bits per heavy atom. The molecule has 162 valence electrons. The zero-order chi connectivity index (χ0) is 22.1. The lowest BCUT2D eigenvalue weighted by Crippen LogP contribution is -2.48. The fraction of sp³-hybridized carbons (Fsp3) is 0.227. The smallest absolute Gasteiger partial charge is 0.227 e. The Kier molecular flexibility index (Phi) is 5.44. The summed E-state index contributed by atoms with van der Waals surface area (Å²) in [4.78, 5) is 33.6. The van der Waals surface area contributed by atoms with E-state index < -0.39 is 0 Å². The molecule has 5 rings (SSSR count). The Balaban J connectivity index is 1.31. The number of imidazole rings is 1. The van der Waals surface area contributed by atoms with Gasteiger partial charge in [-0.15, -0.1) is 0 Å². The lowest BCUT2D eigenvalue weighted by molar-refractivity contribution is -0.129. The van der Waals surface area contributed by atoms with Crippen molar-refractivity contribution in [2.45, 2.75) is 6.92 Å². The molecule has 1 saturated heterocycles. The average Bonchev–Trinajstić information content (AvgIpc) is 3.23. The van der Waals surface area contributed by atoms with Gasteiger partial charge in [0.15, 0.2) is 0 Å². The first kappa shape index (κ1) is 20.4. The van der Waals surface area contributed by atoms with Gasteiger partial charge in [-0.05, 0) is 46.3 Å². The molecular formula is C22H21BrN8O. The molecule has 4 aromatic rings. The lowest BCUT2D eigenvalue weighted by atomic mass is 10.3. The predicted octanol–water partition coefficient (Wildman–Crippen LogP) is 3.36. The van der Waals surface area contributed by atoms with E-state index in [-0.39, 0.29) is 5.91 Å². The van der Waals surface area contributed by atoms with Gasteiger partial charge in [0.1, 0.15) is 11.5 Å². The van der Waals surface area contributed by atoms with Crippen LogP contribution in [0.3, 0.4) is 0 Å². The van der Waals surface area contributed by atoms with E-state index in [9.17, 15) is 4.79 Å². The van der Waals surface area contributed by atoms with E-state index in [1.165, 1.54) is 0 Å². The maximum atomic E-state index is 11.5. The molecule has 0 saturated carbocycles. The topological polar surface area (TPSA) is 91.6 Å². The molecule has 10 heteroatoms. The zero-order valence-electron chi connectivity index (χ0n) is 17.4. The number of amides is 1. The van der Waals surface area contributed by atoms with Gasteiger partial charge in [-0.3, -0.25) is 9.20 Å². The number of hydrogen-bond acceptors (Lipinski definition) is 7. The monoisotopic (exact) mass is 492 g/mol. The number of carbonyl (C=O) groups excluding carboxylic acids is 1. The van der Waals surface area contributed by atoms with Crippen LogP contribution in [-0.2, 0) is 4.79 Å². The Hall–Kier alpha value is -3.53. The van der Waals surface area contributed by atoms with Crippen LogP contribution in [0.1, 0.15) is 6.92 Å². The molecule has 0 radical (unpaired) electrons. The minimum Gasteiger partial charge on any atom is -0.353 e. The van der Waals surface area contributed by atoms with Crippen LogP contribution < -0.4 is 10.2 Å². The third-order valence-corrected chi connectivity index (χ3v) is 5.91. The first-order valence-corrected chi connectivity index (χ1v) is 11.1. The second-order valence-corrected chi connectivity index (χ2v) is 8.42. The Morgan fingerprint density at radius 2 is 1.84 bits per heavy atom. The minimum atomic E-state index is 0.121. The standard InChI is InChI=1S/C22H21BrN8O/c1-15(32)29-8-10-30(11-9-29)20-5-3-17(12-25-20)27-22-24-7-6-18(28-22)19-13-26-21-4-2-16(23)14-31(19)21/h2-7,12-14H,8-11H2,1H3,(H,24,27,28). The van der Waals surface area contributed by atoms with Crippen molar-refractivity contribution in [3.8, 4) is 11.4 Å². The summed E-state index contributed by atoms with van der Waals surface area (Å²) >= 11 is 3.50. The molecule has 32 heavy (non-hydrogen) atoms. The highest BCUT2D eigenvalue weighted by molar-refractivity contribution is 9.10. The molecule has 9 nitrogen and oxygen atoms in total. The van der Waals surface area contributed by atoms with Gasteiger partial charge in [0, 0.05) is 50.0 Å². The van der Waals surface area contributed by atoms with E-state index in [1.807, 2.05) is 45.8 Å². The van der Waals surface area contributed by atoms with Crippen molar-refractivity contribution in [2.24, 2.45) is 0 Å². The number of fused-ring (bicyclic) bond motifs is 1. The number of nitrogens with zero attached hydrogens (tertiary/aromatic N) is 7. The number of aromatic nitrogens is 5. The van der Waals surface area contributed by atoms with Gasteiger partial charge in [0.2, 0.25) is 11.9 Å². The van der Waals surface area contributed by atoms with E-state index in [1.54, 1.807) is 25.5 Å². The summed E-state index contributed by atoms with van der Waals surface area (Å²) in [6.45, 7) is 4.61. The van der Waals surface area contributed by atoms with Crippen LogP contribution in [0.5, 0.6) is 0 Å². The molecule has 4 aromatic heterocycles. The van der Waals surface area contributed by atoms with Crippen LogP contribution in [0.4, 0.5) is 17.5 Å². The molecular weight excluding hydrogens is 472 g/mol. The molecule has 0 spiro atoms. The predicted molar refractivity (Wildman–Crippen MR) is 126 cm³/mol. The van der Waals surface area contributed by atoms with Gasteiger partial charge in [0.25, 0.3) is 0 Å². The molecule has 1 aliphatic rings. The second kappa shape index (κ2) is 8.54. The van der Waals surface area contributed by atoms with Gasteiger partial charge in [-0.1, -0.05) is 0 Å². The van der Waals surface area contributed by atoms with E-state index in [4.69, 9.17) is 0 Å². The van der Waals surface area contributed by atoms with Crippen molar-refractivity contribution in [3.63, 3.8) is 0 Å². The van der Waals surface area contributed by atoms with Crippen LogP contribution in [0.2, 0.25) is 0 Å². The number of carbonyl (C=O) groups is 1. The average molecular weight is 493 g/mol. The first-order valence-electron chi connectivity index (χ1n) is 10.3. The summed E-state index contributed by atoms with van der Waals surface area (Å²) in [7, 11) is 0. The van der Waals surface area contributed by atoms with Crippen LogP contribution in [0.25, 0.3) is 17.0 Å². The number of nitrogens with one attached hydrogen (secondary N) is 1. The molecule has 0 atom stereocenters. The lowest BCUT2D eigenvalue weighted by Gasteiger charge is -2.34. The van der Waals surface area contributed by atoms with E-state index >= 15 is 0 Å². The molecule has 0 unspecified atom stereocenters. The molecule has 1 N–H and O–H groups in total. The third-order valence-electron chi connectivity index (χ3n) is 5.44. The summed E-state index contributed by atoms with van der Waals surface area (Å²) in [5, 5.41) is 3.22. The summed E-state index contributed by atoms with van der Waals surface area (Å²) in [5.41, 5.74) is 3.29. The van der Waals surface area contributed by atoms with Crippen molar-refractivity contribution in [3.05, 3.63) is 59.6 Å². The number of anilines is 3. The number of rotatable bonds is 4. The molecule has 0 bridgehead atoms. The Morgan fingerprint density at radius 1 is 1.00 bits per heavy atom. The fourth-order valence-corrected chi connectivity index (χ4v) is 4.07. The summed E-state index contributed by atoms with van der Waals surface area (Å²) in [6, 6.07) is 9.69. The van der Waals surface area contributed by atoms with Gasteiger partial charge in [-0.2, -0.15) is 0 Å². The molecule has 5 heterocycles. The van der Waals surface area contributed by atoms with Crippen molar-refractivity contribution >= 4 is 44.9 Å². The van der Waals surface area contributed by atoms with Gasteiger partial charge in [-0.25, -0.2) is 19.9 Å². The minimum absolute atomic E-state index is 0.121. The van der Waals surface area contributed by atoms with Crippen molar-refractivity contribution in [1.29, 1.82) is 0 Å². The fourth-order valence-electron chi connectivity index (χ4n) is 3.73. The van der Waals surface area contributed by atoms with E-state index in [0.717, 1.165) is 59.2 Å². The van der Waals surface area contributed by atoms with Crippen molar-refractivity contribution < 1.29 is 4.79 Å². The largest absolute Gasteiger partial charge is 0.353 e. The molecule has 0 aromatic carbocycles. The van der Waals surface area contributed by atoms with Gasteiger partial charge < -0.3 is 15.1 Å². The number of pyridine rings is 2. The van der Waals surface area contributed by atoms with Crippen LogP contribution >= 0.6 is 15.9 Å². The van der Waals surface area contributed by atoms with E-state index in [0.29, 0.717) is 5.95 Å². The van der Waals surface area contributed by atoms with Crippen molar-refractivity contribution in [2.75, 3.05) is 36.4 Å². The summed E-state index contributed by atoms with van der Waals surface area (Å²) < 4.78 is 2.95. The van der Waals surface area contributed by atoms with Crippen LogP contribution in [0.15, 0.2) is 59.6 Å². The maximum Gasteiger partial charge on any atom is 0.227 e. The highest BCUT2D eigenvalue weighted by Crippen LogP contribution is 2.23. The summed E-state index contributed by atoms with van der Waals surface area (Å²) in [5.74, 6) is 1.50. The normalized spacial score (nSPS) is 14.1. The highest BCUT2D eigenvalue weighted by Gasteiger charge is 2.19. The first-order chi connectivity index (χ1) is 15.6. The number of hydrogen-bond donors (Lipinski definition) is 1. The summed E-state index contributed by atoms with van der Waals surface area (Å²) in [6.07, 6.45) is 7.26. The molecule has 1 aliphatic heterocycles. The van der Waals surface area contributed by atoms with Crippen LogP contribution in [0, 0.1) is 0 Å².